The second-order valence-electron chi connectivity index (χ2n) is 7.34. The van der Waals surface area contributed by atoms with Gasteiger partial charge in [0, 0.05) is 31.5 Å². The van der Waals surface area contributed by atoms with Crippen LogP contribution in [0, 0.1) is 5.92 Å². The molecule has 1 aromatic carbocycles. The van der Waals surface area contributed by atoms with Crippen LogP contribution >= 0.6 is 0 Å². The van der Waals surface area contributed by atoms with Gasteiger partial charge in [-0.2, -0.15) is 0 Å². The molecular formula is C22H29N3O3. The van der Waals surface area contributed by atoms with Crippen molar-refractivity contribution in [1.82, 2.24) is 15.6 Å². The van der Waals surface area contributed by atoms with E-state index in [-0.39, 0.29) is 17.9 Å². The number of carbonyl (C=O) groups excluding carboxylic acids is 2. The minimum Gasteiger partial charge on any atom is -0.438 e. The summed E-state index contributed by atoms with van der Waals surface area (Å²) in [6, 6.07) is 9.58. The highest BCUT2D eigenvalue weighted by Crippen LogP contribution is 2.26. The first kappa shape index (κ1) is 20.3. The topological polar surface area (TPSA) is 84.2 Å². The third kappa shape index (κ3) is 5.52. The van der Waals surface area contributed by atoms with Crippen LogP contribution in [0.4, 0.5) is 0 Å². The number of aromatic nitrogens is 1. The van der Waals surface area contributed by atoms with Gasteiger partial charge >= 0.3 is 0 Å². The van der Waals surface area contributed by atoms with Gasteiger partial charge in [0.05, 0.1) is 12.1 Å². The molecule has 150 valence electrons. The van der Waals surface area contributed by atoms with E-state index in [9.17, 15) is 9.59 Å². The predicted octanol–water partition coefficient (Wildman–Crippen LogP) is 3.65. The molecular weight excluding hydrogens is 354 g/mol. The van der Waals surface area contributed by atoms with E-state index in [1.54, 1.807) is 6.20 Å². The van der Waals surface area contributed by atoms with Crippen molar-refractivity contribution >= 4 is 11.7 Å². The van der Waals surface area contributed by atoms with Crippen LogP contribution in [-0.2, 0) is 9.59 Å². The van der Waals surface area contributed by atoms with Crippen molar-refractivity contribution in [2.75, 3.05) is 13.1 Å². The van der Waals surface area contributed by atoms with Crippen molar-refractivity contribution in [3.8, 4) is 11.3 Å². The van der Waals surface area contributed by atoms with Crippen LogP contribution in [0.25, 0.3) is 11.3 Å². The molecule has 0 bridgehead atoms. The van der Waals surface area contributed by atoms with Gasteiger partial charge in [0.2, 0.25) is 11.8 Å². The van der Waals surface area contributed by atoms with E-state index in [4.69, 9.17) is 4.42 Å². The van der Waals surface area contributed by atoms with E-state index in [1.807, 2.05) is 37.3 Å². The summed E-state index contributed by atoms with van der Waals surface area (Å²) in [6.07, 6.45) is 6.46. The van der Waals surface area contributed by atoms with Crippen LogP contribution in [0.3, 0.4) is 0 Å². The lowest BCUT2D eigenvalue weighted by Gasteiger charge is -2.27. The number of nitrogens with one attached hydrogen (secondary N) is 2. The summed E-state index contributed by atoms with van der Waals surface area (Å²) >= 11 is 0. The Labute approximate surface area is 166 Å². The van der Waals surface area contributed by atoms with Crippen molar-refractivity contribution in [3.63, 3.8) is 0 Å². The van der Waals surface area contributed by atoms with E-state index < -0.39 is 0 Å². The molecule has 6 nitrogen and oxygen atoms in total. The molecule has 0 unspecified atom stereocenters. The zero-order valence-corrected chi connectivity index (χ0v) is 16.4. The standard InChI is InChI=1S/C22H29N3O3/c1-2-18(26)11-7-4-8-12-19(25-21(27)17-13-23-14-17)22-24-15-20(28-22)16-9-5-3-6-10-16/h3,5-6,9-10,15,17,19,23H,2,4,7-8,11-14H2,1H3,(H,25,27)/t19-/m0/s1. The highest BCUT2D eigenvalue weighted by Gasteiger charge is 2.28. The molecule has 1 fully saturated rings. The number of unbranched alkanes of at least 4 members (excludes halogenated alkanes) is 2. The first-order valence-electron chi connectivity index (χ1n) is 10.2. The summed E-state index contributed by atoms with van der Waals surface area (Å²) < 4.78 is 5.98. The van der Waals surface area contributed by atoms with E-state index in [2.05, 4.69) is 15.6 Å². The summed E-state index contributed by atoms with van der Waals surface area (Å²) in [7, 11) is 0. The molecule has 28 heavy (non-hydrogen) atoms. The third-order valence-electron chi connectivity index (χ3n) is 5.19. The van der Waals surface area contributed by atoms with E-state index in [1.165, 1.54) is 0 Å². The first-order chi connectivity index (χ1) is 13.7. The minimum atomic E-state index is -0.243. The van der Waals surface area contributed by atoms with Gasteiger partial charge in [-0.05, 0) is 12.8 Å². The molecule has 1 saturated heterocycles. The molecule has 0 spiro atoms. The van der Waals surface area contributed by atoms with Crippen LogP contribution < -0.4 is 10.6 Å². The Balaban J connectivity index is 1.61. The number of ketones is 1. The summed E-state index contributed by atoms with van der Waals surface area (Å²) in [4.78, 5) is 28.3. The predicted molar refractivity (Wildman–Crippen MR) is 108 cm³/mol. The van der Waals surface area contributed by atoms with Crippen molar-refractivity contribution < 1.29 is 14.0 Å². The number of Topliss-reactive ketones (excluding diaryl/α,β-unsaturated/α-hetero) is 1. The number of hydrogen-bond acceptors (Lipinski definition) is 5. The average Bonchev–Trinajstić information content (AvgIpc) is 3.16. The van der Waals surface area contributed by atoms with Crippen molar-refractivity contribution in [3.05, 3.63) is 42.4 Å². The highest BCUT2D eigenvalue weighted by atomic mass is 16.4. The Hall–Kier alpha value is -2.47. The Morgan fingerprint density at radius 3 is 2.68 bits per heavy atom. The Morgan fingerprint density at radius 2 is 2.00 bits per heavy atom. The van der Waals surface area contributed by atoms with Gasteiger partial charge in [-0.15, -0.1) is 0 Å². The molecule has 1 aliphatic heterocycles. The zero-order valence-electron chi connectivity index (χ0n) is 16.4. The molecule has 2 N–H and O–H groups in total. The maximum absolute atomic E-state index is 12.4. The van der Waals surface area contributed by atoms with E-state index in [0.29, 0.717) is 30.3 Å². The van der Waals surface area contributed by atoms with Gasteiger partial charge in [-0.1, -0.05) is 50.1 Å². The Kier molecular flexibility index (Phi) is 7.37. The van der Waals surface area contributed by atoms with Crippen molar-refractivity contribution in [1.29, 1.82) is 0 Å². The summed E-state index contributed by atoms with van der Waals surface area (Å²) in [6.45, 7) is 3.34. The molecule has 2 heterocycles. The number of carbonyl (C=O) groups is 2. The molecule has 1 amide bonds. The first-order valence-corrected chi connectivity index (χ1v) is 10.2. The van der Waals surface area contributed by atoms with E-state index >= 15 is 0 Å². The van der Waals surface area contributed by atoms with Crippen LogP contribution in [0.1, 0.15) is 57.4 Å². The fourth-order valence-corrected chi connectivity index (χ4v) is 3.23. The number of oxazole rings is 1. The average molecular weight is 383 g/mol. The Bertz CT molecular complexity index is 768. The van der Waals surface area contributed by atoms with E-state index in [0.717, 1.165) is 44.3 Å². The van der Waals surface area contributed by atoms with Crippen LogP contribution in [0.5, 0.6) is 0 Å². The van der Waals surface area contributed by atoms with Gasteiger partial charge in [-0.3, -0.25) is 9.59 Å². The SMILES string of the molecule is CCC(=O)CCCCC[C@H](NC(=O)C1CNC1)c1ncc(-c2ccccc2)o1. The number of rotatable bonds is 11. The normalized spacial score (nSPS) is 15.0. The second-order valence-corrected chi connectivity index (χ2v) is 7.34. The lowest BCUT2D eigenvalue weighted by atomic mass is 10.0. The molecule has 2 aromatic rings. The number of benzene rings is 1. The summed E-state index contributed by atoms with van der Waals surface area (Å²) in [5.74, 6) is 1.62. The second kappa shape index (κ2) is 10.2. The zero-order chi connectivity index (χ0) is 19.8. The van der Waals surface area contributed by atoms with Crippen molar-refractivity contribution in [2.45, 2.75) is 51.5 Å². The summed E-state index contributed by atoms with van der Waals surface area (Å²) in [5, 5.41) is 6.23. The molecule has 0 saturated carbocycles. The monoisotopic (exact) mass is 383 g/mol. The molecule has 1 aliphatic rings. The van der Waals surface area contributed by atoms with Crippen LogP contribution in [0.15, 0.2) is 40.9 Å². The number of nitrogens with zero attached hydrogens (tertiary/aromatic N) is 1. The van der Waals surface area contributed by atoms with Gasteiger partial charge in [-0.25, -0.2) is 4.98 Å². The Morgan fingerprint density at radius 1 is 1.21 bits per heavy atom. The lowest BCUT2D eigenvalue weighted by Crippen LogP contribution is -2.51. The molecule has 3 rings (SSSR count). The maximum Gasteiger partial charge on any atom is 0.226 e. The van der Waals surface area contributed by atoms with Gasteiger partial charge in [0.1, 0.15) is 11.8 Å². The maximum atomic E-state index is 12.4. The molecule has 0 aliphatic carbocycles. The smallest absolute Gasteiger partial charge is 0.226 e. The van der Waals surface area contributed by atoms with Gasteiger partial charge < -0.3 is 15.1 Å². The van der Waals surface area contributed by atoms with Crippen LogP contribution in [-0.4, -0.2) is 29.8 Å². The largest absolute Gasteiger partial charge is 0.438 e. The molecule has 0 radical (unpaired) electrons. The lowest BCUT2D eigenvalue weighted by molar-refractivity contribution is -0.127. The molecule has 1 atom stereocenters. The highest BCUT2D eigenvalue weighted by molar-refractivity contribution is 5.80. The fraction of sp³-hybridized carbons (Fsp3) is 0.500. The third-order valence-corrected chi connectivity index (χ3v) is 5.19. The quantitative estimate of drug-likeness (QED) is 0.579. The van der Waals surface area contributed by atoms with Gasteiger partial charge in [0.15, 0.2) is 5.76 Å². The van der Waals surface area contributed by atoms with Gasteiger partial charge in [0.25, 0.3) is 0 Å². The fourth-order valence-electron chi connectivity index (χ4n) is 3.23. The van der Waals surface area contributed by atoms with Crippen LogP contribution in [0.2, 0.25) is 0 Å². The molecule has 6 heteroatoms. The van der Waals surface area contributed by atoms with Crippen molar-refractivity contribution in [2.24, 2.45) is 5.92 Å². The summed E-state index contributed by atoms with van der Waals surface area (Å²) in [5.41, 5.74) is 0.965. The minimum absolute atomic E-state index is 0.0215. The molecule has 1 aromatic heterocycles. The number of hydrogen-bond donors (Lipinski definition) is 2. The number of amides is 1.